The normalized spacial score (nSPS) is 18.2. The summed E-state index contributed by atoms with van der Waals surface area (Å²) in [4.78, 5) is 0. The van der Waals surface area contributed by atoms with Gasteiger partial charge in [-0.1, -0.05) is 81.9 Å². The quantitative estimate of drug-likeness (QED) is 0.331. The van der Waals surface area contributed by atoms with Crippen LogP contribution in [-0.4, -0.2) is 0 Å². The smallest absolute Gasteiger partial charge is 0.166 e. The van der Waals surface area contributed by atoms with Crippen LogP contribution in [0.15, 0.2) is 48.5 Å². The number of benzene rings is 3. The lowest BCUT2D eigenvalue weighted by Gasteiger charge is -2.28. The minimum atomic E-state index is -0.872. The molecule has 1 aliphatic rings. The summed E-state index contributed by atoms with van der Waals surface area (Å²) in [5.74, 6) is 5.46. The highest BCUT2D eigenvalue weighted by atomic mass is 19.2. The van der Waals surface area contributed by atoms with Gasteiger partial charge in [0.25, 0.3) is 0 Å². The van der Waals surface area contributed by atoms with Crippen LogP contribution in [0.4, 0.5) is 13.2 Å². The number of fused-ring (bicyclic) bond motifs is 1. The Morgan fingerprint density at radius 3 is 2.27 bits per heavy atom. The lowest BCUT2D eigenvalue weighted by molar-refractivity contribution is 0.250. The standard InChI is InChI=1S/C30H31F3/c1-2-3-4-21-5-7-22(8-6-21)9-10-24-12-15-25(29(32)20-24)14-11-23-13-17-27-26(19-23)16-18-28(31)30(27)33/h12-13,15-22H,2-10H2,1H3. The van der Waals surface area contributed by atoms with Crippen molar-refractivity contribution in [3.8, 4) is 11.8 Å². The van der Waals surface area contributed by atoms with Gasteiger partial charge in [0.05, 0.1) is 5.56 Å². The molecule has 3 heteroatoms. The zero-order chi connectivity index (χ0) is 23.2. The third-order valence-corrected chi connectivity index (χ3v) is 7.06. The van der Waals surface area contributed by atoms with Crippen LogP contribution in [0.3, 0.4) is 0 Å². The SMILES string of the molecule is CCCCC1CCC(CCc2ccc(C#Cc3ccc4c(F)c(F)ccc4c3)c(F)c2)CC1. The van der Waals surface area contributed by atoms with E-state index >= 15 is 0 Å². The van der Waals surface area contributed by atoms with Crippen LogP contribution >= 0.6 is 0 Å². The Labute approximate surface area is 195 Å². The molecule has 0 heterocycles. The summed E-state index contributed by atoms with van der Waals surface area (Å²) in [6.45, 7) is 2.26. The van der Waals surface area contributed by atoms with Crippen LogP contribution in [0.2, 0.25) is 0 Å². The van der Waals surface area contributed by atoms with Gasteiger partial charge in [0.15, 0.2) is 11.6 Å². The third-order valence-electron chi connectivity index (χ3n) is 7.06. The van der Waals surface area contributed by atoms with Crippen LogP contribution in [0.25, 0.3) is 10.8 Å². The molecule has 0 aliphatic heterocycles. The van der Waals surface area contributed by atoms with Crippen molar-refractivity contribution in [3.63, 3.8) is 0 Å². The molecule has 1 fully saturated rings. The van der Waals surface area contributed by atoms with Gasteiger partial charge in [-0.3, -0.25) is 0 Å². The van der Waals surface area contributed by atoms with Gasteiger partial charge in [-0.05, 0) is 66.0 Å². The molecule has 3 aromatic rings. The van der Waals surface area contributed by atoms with Crippen molar-refractivity contribution in [2.45, 2.75) is 64.7 Å². The van der Waals surface area contributed by atoms with Crippen LogP contribution in [-0.2, 0) is 6.42 Å². The number of rotatable bonds is 6. The molecule has 0 amide bonds. The average molecular weight is 449 g/mol. The minimum absolute atomic E-state index is 0.213. The average Bonchev–Trinajstić information content (AvgIpc) is 2.84. The highest BCUT2D eigenvalue weighted by molar-refractivity contribution is 5.84. The van der Waals surface area contributed by atoms with Gasteiger partial charge in [0, 0.05) is 10.9 Å². The van der Waals surface area contributed by atoms with E-state index in [4.69, 9.17) is 0 Å². The Kier molecular flexibility index (Phi) is 7.76. The molecule has 33 heavy (non-hydrogen) atoms. The molecule has 3 aromatic carbocycles. The topological polar surface area (TPSA) is 0 Å². The molecule has 0 atom stereocenters. The number of hydrogen-bond acceptors (Lipinski definition) is 0. The molecular formula is C30H31F3. The fourth-order valence-electron chi connectivity index (χ4n) is 4.97. The largest absolute Gasteiger partial charge is 0.206 e. The maximum Gasteiger partial charge on any atom is 0.166 e. The van der Waals surface area contributed by atoms with Crippen LogP contribution < -0.4 is 0 Å². The minimum Gasteiger partial charge on any atom is -0.206 e. The van der Waals surface area contributed by atoms with E-state index in [0.29, 0.717) is 16.5 Å². The number of halogens is 3. The van der Waals surface area contributed by atoms with E-state index in [-0.39, 0.29) is 11.2 Å². The Bertz CT molecular complexity index is 1160. The van der Waals surface area contributed by atoms with E-state index in [1.807, 2.05) is 6.07 Å². The third kappa shape index (κ3) is 5.99. The maximum atomic E-state index is 14.6. The summed E-state index contributed by atoms with van der Waals surface area (Å²) >= 11 is 0. The predicted molar refractivity (Wildman–Crippen MR) is 130 cm³/mol. The first kappa shape index (κ1) is 23.4. The van der Waals surface area contributed by atoms with Gasteiger partial charge >= 0.3 is 0 Å². The van der Waals surface area contributed by atoms with Crippen molar-refractivity contribution in [3.05, 3.63) is 82.7 Å². The lowest BCUT2D eigenvalue weighted by Crippen LogP contribution is -2.15. The van der Waals surface area contributed by atoms with Gasteiger partial charge in [-0.2, -0.15) is 0 Å². The van der Waals surface area contributed by atoms with Crippen molar-refractivity contribution >= 4 is 10.8 Å². The van der Waals surface area contributed by atoms with E-state index in [1.54, 1.807) is 24.3 Å². The first-order valence-corrected chi connectivity index (χ1v) is 12.2. The van der Waals surface area contributed by atoms with Crippen LogP contribution in [0.1, 0.15) is 75.0 Å². The lowest BCUT2D eigenvalue weighted by atomic mass is 9.78. The van der Waals surface area contributed by atoms with E-state index in [0.717, 1.165) is 36.3 Å². The molecule has 0 N–H and O–H groups in total. The predicted octanol–water partition coefficient (Wildman–Crippen LogP) is 8.59. The monoisotopic (exact) mass is 448 g/mol. The van der Waals surface area contributed by atoms with Gasteiger partial charge < -0.3 is 0 Å². The summed E-state index contributed by atoms with van der Waals surface area (Å²) in [6, 6.07) is 12.8. The van der Waals surface area contributed by atoms with Crippen molar-refractivity contribution in [1.29, 1.82) is 0 Å². The molecule has 1 saturated carbocycles. The summed E-state index contributed by atoms with van der Waals surface area (Å²) in [5, 5.41) is 0.779. The van der Waals surface area contributed by atoms with E-state index < -0.39 is 11.6 Å². The zero-order valence-corrected chi connectivity index (χ0v) is 19.3. The van der Waals surface area contributed by atoms with Crippen molar-refractivity contribution in [2.75, 3.05) is 0 Å². The maximum absolute atomic E-state index is 14.6. The fraction of sp³-hybridized carbons (Fsp3) is 0.400. The van der Waals surface area contributed by atoms with E-state index in [1.165, 1.54) is 57.1 Å². The Morgan fingerprint density at radius 1 is 0.788 bits per heavy atom. The van der Waals surface area contributed by atoms with Gasteiger partial charge in [-0.25, -0.2) is 13.2 Å². The molecule has 0 saturated heterocycles. The van der Waals surface area contributed by atoms with E-state index in [9.17, 15) is 13.2 Å². The second-order valence-corrected chi connectivity index (χ2v) is 9.43. The van der Waals surface area contributed by atoms with Crippen LogP contribution in [0, 0.1) is 41.1 Å². The molecule has 0 radical (unpaired) electrons. The summed E-state index contributed by atoms with van der Waals surface area (Å²) < 4.78 is 41.9. The summed E-state index contributed by atoms with van der Waals surface area (Å²) in [5.41, 5.74) is 2.00. The summed E-state index contributed by atoms with van der Waals surface area (Å²) in [6.07, 6.45) is 11.4. The molecule has 4 rings (SSSR count). The fourth-order valence-corrected chi connectivity index (χ4v) is 4.97. The molecule has 0 aromatic heterocycles. The summed E-state index contributed by atoms with van der Waals surface area (Å²) in [7, 11) is 0. The zero-order valence-electron chi connectivity index (χ0n) is 19.3. The number of aryl methyl sites for hydroxylation is 1. The molecule has 0 bridgehead atoms. The molecule has 0 unspecified atom stereocenters. The molecule has 1 aliphatic carbocycles. The van der Waals surface area contributed by atoms with Crippen molar-refractivity contribution in [2.24, 2.45) is 11.8 Å². The Morgan fingerprint density at radius 2 is 1.55 bits per heavy atom. The van der Waals surface area contributed by atoms with Crippen LogP contribution in [0.5, 0.6) is 0 Å². The molecule has 0 spiro atoms. The first-order chi connectivity index (χ1) is 16.0. The number of hydrogen-bond donors (Lipinski definition) is 0. The second-order valence-electron chi connectivity index (χ2n) is 9.43. The highest BCUT2D eigenvalue weighted by Gasteiger charge is 2.20. The molecule has 0 nitrogen and oxygen atoms in total. The van der Waals surface area contributed by atoms with Gasteiger partial charge in [-0.15, -0.1) is 0 Å². The molecular weight excluding hydrogens is 417 g/mol. The van der Waals surface area contributed by atoms with Crippen molar-refractivity contribution < 1.29 is 13.2 Å². The number of unbranched alkanes of at least 4 members (excludes halogenated alkanes) is 1. The van der Waals surface area contributed by atoms with Gasteiger partial charge in [0.1, 0.15) is 5.82 Å². The van der Waals surface area contributed by atoms with Crippen molar-refractivity contribution in [1.82, 2.24) is 0 Å². The Hall–Kier alpha value is -2.73. The van der Waals surface area contributed by atoms with E-state index in [2.05, 4.69) is 18.8 Å². The highest BCUT2D eigenvalue weighted by Crippen LogP contribution is 2.34. The van der Waals surface area contributed by atoms with Gasteiger partial charge in [0.2, 0.25) is 0 Å². The Balaban J connectivity index is 1.35. The first-order valence-electron chi connectivity index (χ1n) is 12.2. The second kappa shape index (κ2) is 10.9. The molecule has 172 valence electrons.